The Kier molecular flexibility index (Phi) is 7.49. The Morgan fingerprint density at radius 2 is 1.91 bits per heavy atom. The van der Waals surface area contributed by atoms with Crippen molar-refractivity contribution in [2.24, 2.45) is 0 Å². The summed E-state index contributed by atoms with van der Waals surface area (Å²) in [4.78, 5) is 15.9. The molecule has 8 heteroatoms. The minimum atomic E-state index is -0.348. The number of carbonyl (C=O) groups excluding carboxylic acids is 1. The molecule has 2 aromatic heterocycles. The van der Waals surface area contributed by atoms with Crippen LogP contribution in [0.2, 0.25) is 0 Å². The van der Waals surface area contributed by atoms with Crippen LogP contribution >= 0.6 is 11.3 Å². The maximum atomic E-state index is 13.3. The molecule has 0 radical (unpaired) electrons. The third-order valence-corrected chi connectivity index (χ3v) is 5.96. The van der Waals surface area contributed by atoms with Gasteiger partial charge in [-0.25, -0.2) is 13.9 Å². The highest BCUT2D eigenvalue weighted by molar-refractivity contribution is 7.13. The van der Waals surface area contributed by atoms with Crippen LogP contribution in [0, 0.1) is 5.82 Å². The van der Waals surface area contributed by atoms with Crippen LogP contribution in [0.4, 0.5) is 14.9 Å². The van der Waals surface area contributed by atoms with Crippen LogP contribution < -0.4 is 5.32 Å². The molecule has 0 fully saturated rings. The highest BCUT2D eigenvalue weighted by atomic mass is 32.1. The summed E-state index contributed by atoms with van der Waals surface area (Å²) < 4.78 is 20.3. The Labute approximate surface area is 196 Å². The molecule has 0 bridgehead atoms. The van der Waals surface area contributed by atoms with E-state index in [4.69, 9.17) is 9.84 Å². The molecule has 33 heavy (non-hydrogen) atoms. The van der Waals surface area contributed by atoms with Crippen LogP contribution in [0.1, 0.15) is 12.0 Å². The molecule has 1 N–H and O–H groups in total. The lowest BCUT2D eigenvalue weighted by molar-refractivity contribution is 0.172. The minimum absolute atomic E-state index is 0.262. The van der Waals surface area contributed by atoms with Crippen LogP contribution in [0.15, 0.2) is 78.3 Å². The highest BCUT2D eigenvalue weighted by Gasteiger charge is 2.20. The number of nitrogens with zero attached hydrogens (tertiary/aromatic N) is 3. The van der Waals surface area contributed by atoms with Crippen molar-refractivity contribution < 1.29 is 13.9 Å². The van der Waals surface area contributed by atoms with Gasteiger partial charge in [0.25, 0.3) is 0 Å². The average Bonchev–Trinajstić information content (AvgIpc) is 3.51. The van der Waals surface area contributed by atoms with Gasteiger partial charge >= 0.3 is 6.03 Å². The average molecular weight is 465 g/mol. The molecule has 4 rings (SSSR count). The van der Waals surface area contributed by atoms with Gasteiger partial charge in [-0.2, -0.15) is 5.10 Å². The number of aromatic nitrogens is 2. The predicted molar refractivity (Wildman–Crippen MR) is 129 cm³/mol. The zero-order valence-corrected chi connectivity index (χ0v) is 19.1. The maximum Gasteiger partial charge on any atom is 0.322 e. The topological polar surface area (TPSA) is 59.4 Å². The molecule has 0 aliphatic heterocycles. The van der Waals surface area contributed by atoms with E-state index in [1.54, 1.807) is 35.5 Å². The van der Waals surface area contributed by atoms with E-state index < -0.39 is 0 Å². The second-order valence-electron chi connectivity index (χ2n) is 7.47. The Morgan fingerprint density at radius 1 is 1.12 bits per heavy atom. The van der Waals surface area contributed by atoms with Gasteiger partial charge in [-0.1, -0.05) is 24.3 Å². The number of hydrogen-bond donors (Lipinski definition) is 1. The lowest BCUT2D eigenvalue weighted by Gasteiger charge is -2.23. The lowest BCUT2D eigenvalue weighted by atomic mass is 10.2. The Hall–Kier alpha value is -3.49. The fourth-order valence-corrected chi connectivity index (χ4v) is 4.20. The first-order valence-electron chi connectivity index (χ1n) is 10.6. The number of amides is 2. The summed E-state index contributed by atoms with van der Waals surface area (Å²) in [5, 5.41) is 9.70. The lowest BCUT2D eigenvalue weighted by Crippen LogP contribution is -2.35. The van der Waals surface area contributed by atoms with Crippen molar-refractivity contribution in [2.75, 3.05) is 25.6 Å². The molecular formula is C25H25FN4O2S. The van der Waals surface area contributed by atoms with Crippen LogP contribution in [0.5, 0.6) is 0 Å². The van der Waals surface area contributed by atoms with Crippen molar-refractivity contribution in [2.45, 2.75) is 13.0 Å². The maximum absolute atomic E-state index is 13.3. The third-order valence-electron chi connectivity index (χ3n) is 5.09. The van der Waals surface area contributed by atoms with E-state index in [-0.39, 0.29) is 11.8 Å². The standard InChI is InChI=1S/C25H25FN4O2S/c1-32-15-6-14-29(25(31)27-21-12-10-20(26)11-13-21)17-19-18-30(22-7-3-2-4-8-22)28-24(19)23-9-5-16-33-23/h2-5,7-13,16,18H,6,14-15,17H2,1H3,(H,27,31). The molecule has 0 unspecified atom stereocenters. The summed E-state index contributed by atoms with van der Waals surface area (Å²) in [5.41, 5.74) is 3.27. The van der Waals surface area contributed by atoms with Crippen molar-refractivity contribution in [1.82, 2.24) is 14.7 Å². The summed E-state index contributed by atoms with van der Waals surface area (Å²) in [6, 6.07) is 19.4. The van der Waals surface area contributed by atoms with Crippen LogP contribution in [0.25, 0.3) is 16.3 Å². The number of anilines is 1. The van der Waals surface area contributed by atoms with E-state index in [1.807, 2.05) is 58.7 Å². The van der Waals surface area contributed by atoms with Crippen molar-refractivity contribution in [1.29, 1.82) is 0 Å². The molecular weight excluding hydrogens is 439 g/mol. The molecule has 0 spiro atoms. The van der Waals surface area contributed by atoms with E-state index in [2.05, 4.69) is 5.32 Å². The Bertz CT molecular complexity index is 1160. The molecule has 4 aromatic rings. The summed E-state index contributed by atoms with van der Waals surface area (Å²) in [6.07, 6.45) is 2.66. The van der Waals surface area contributed by atoms with Gasteiger partial charge in [0.2, 0.25) is 0 Å². The van der Waals surface area contributed by atoms with E-state index in [9.17, 15) is 9.18 Å². The van der Waals surface area contributed by atoms with Crippen LogP contribution in [0.3, 0.4) is 0 Å². The quantitative estimate of drug-likeness (QED) is 0.318. The van der Waals surface area contributed by atoms with Gasteiger partial charge < -0.3 is 15.0 Å². The normalized spacial score (nSPS) is 10.8. The molecule has 170 valence electrons. The zero-order chi connectivity index (χ0) is 23.0. The summed E-state index contributed by atoms with van der Waals surface area (Å²) in [5.74, 6) is -0.348. The van der Waals surface area contributed by atoms with Crippen molar-refractivity contribution in [3.8, 4) is 16.3 Å². The van der Waals surface area contributed by atoms with Gasteiger partial charge in [-0.05, 0) is 54.3 Å². The minimum Gasteiger partial charge on any atom is -0.385 e. The number of benzene rings is 2. The molecule has 0 saturated heterocycles. The van der Waals surface area contributed by atoms with E-state index in [0.29, 0.717) is 31.8 Å². The smallest absolute Gasteiger partial charge is 0.322 e. The predicted octanol–water partition coefficient (Wildman–Crippen LogP) is 5.81. The summed E-state index contributed by atoms with van der Waals surface area (Å²) >= 11 is 1.61. The van der Waals surface area contributed by atoms with E-state index in [1.165, 1.54) is 12.1 Å². The number of hydrogen-bond acceptors (Lipinski definition) is 4. The van der Waals surface area contributed by atoms with Crippen LogP contribution in [-0.4, -0.2) is 41.0 Å². The van der Waals surface area contributed by atoms with E-state index in [0.717, 1.165) is 21.8 Å². The molecule has 2 aromatic carbocycles. The Balaban J connectivity index is 1.62. The first kappa shape index (κ1) is 22.7. The number of halogens is 1. The number of rotatable bonds is 9. The molecule has 0 aliphatic rings. The van der Waals surface area contributed by atoms with Crippen molar-refractivity contribution in [3.63, 3.8) is 0 Å². The zero-order valence-electron chi connectivity index (χ0n) is 18.3. The highest BCUT2D eigenvalue weighted by Crippen LogP contribution is 2.29. The van der Waals surface area contributed by atoms with Gasteiger partial charge in [0.05, 0.1) is 17.1 Å². The first-order valence-corrected chi connectivity index (χ1v) is 11.5. The summed E-state index contributed by atoms with van der Waals surface area (Å²) in [6.45, 7) is 1.42. The third kappa shape index (κ3) is 5.85. The van der Waals surface area contributed by atoms with E-state index >= 15 is 0 Å². The number of methoxy groups -OCH3 is 1. The van der Waals surface area contributed by atoms with Crippen molar-refractivity contribution in [3.05, 3.63) is 89.7 Å². The molecule has 2 amide bonds. The van der Waals surface area contributed by atoms with Gasteiger partial charge in [-0.3, -0.25) is 0 Å². The van der Waals surface area contributed by atoms with Gasteiger partial charge in [0, 0.05) is 37.7 Å². The first-order chi connectivity index (χ1) is 16.1. The molecule has 2 heterocycles. The number of para-hydroxylation sites is 1. The largest absolute Gasteiger partial charge is 0.385 e. The number of thiophene rings is 1. The van der Waals surface area contributed by atoms with Gasteiger partial charge in [0.1, 0.15) is 11.5 Å². The fourth-order valence-electron chi connectivity index (χ4n) is 3.45. The summed E-state index contributed by atoms with van der Waals surface area (Å²) in [7, 11) is 1.64. The van der Waals surface area contributed by atoms with Crippen LogP contribution in [-0.2, 0) is 11.3 Å². The Morgan fingerprint density at radius 3 is 2.61 bits per heavy atom. The number of carbonyl (C=O) groups is 1. The monoisotopic (exact) mass is 464 g/mol. The molecule has 6 nitrogen and oxygen atoms in total. The number of nitrogens with one attached hydrogen (secondary N) is 1. The molecule has 0 atom stereocenters. The van der Waals surface area contributed by atoms with Crippen molar-refractivity contribution >= 4 is 23.1 Å². The molecule has 0 aliphatic carbocycles. The number of urea groups is 1. The van der Waals surface area contributed by atoms with Gasteiger partial charge in [-0.15, -0.1) is 11.3 Å². The SMILES string of the molecule is COCCCN(Cc1cn(-c2ccccc2)nc1-c1cccs1)C(=O)Nc1ccc(F)cc1. The number of ether oxygens (including phenoxy) is 1. The molecule has 0 saturated carbocycles. The second-order valence-corrected chi connectivity index (χ2v) is 8.41. The second kappa shape index (κ2) is 10.9. The van der Waals surface area contributed by atoms with Gasteiger partial charge in [0.15, 0.2) is 0 Å². The fraction of sp³-hybridized carbons (Fsp3) is 0.200.